The molecular formula is C17H13FN4S. The highest BCUT2D eigenvalue weighted by atomic mass is 32.1. The van der Waals surface area contributed by atoms with Crippen molar-refractivity contribution in [2.45, 2.75) is 6.54 Å². The van der Waals surface area contributed by atoms with Crippen molar-refractivity contribution in [3.05, 3.63) is 71.1 Å². The van der Waals surface area contributed by atoms with E-state index in [-0.39, 0.29) is 5.82 Å². The Morgan fingerprint density at radius 3 is 3.00 bits per heavy atom. The topological polar surface area (TPSA) is 42.2 Å². The second-order valence-electron chi connectivity index (χ2n) is 5.06. The van der Waals surface area contributed by atoms with Gasteiger partial charge in [0.05, 0.1) is 12.7 Å². The van der Waals surface area contributed by atoms with Crippen LogP contribution in [0.5, 0.6) is 0 Å². The molecule has 6 heteroatoms. The molecule has 3 heterocycles. The smallest absolute Gasteiger partial charge is 0.157 e. The summed E-state index contributed by atoms with van der Waals surface area (Å²) in [5, 5.41) is 5.46. The highest BCUT2D eigenvalue weighted by molar-refractivity contribution is 7.09. The highest BCUT2D eigenvalue weighted by Crippen LogP contribution is 2.29. The fourth-order valence-corrected chi connectivity index (χ4v) is 3.14. The van der Waals surface area contributed by atoms with Gasteiger partial charge in [-0.3, -0.25) is 9.38 Å². The SMILES string of the molecule is Fc1cccc(-c2nc3cnccn3c2NCc2cccs2)c1. The summed E-state index contributed by atoms with van der Waals surface area (Å²) in [6, 6.07) is 10.6. The molecule has 0 aliphatic carbocycles. The number of aromatic nitrogens is 3. The van der Waals surface area contributed by atoms with Crippen LogP contribution in [0.4, 0.5) is 10.2 Å². The number of nitrogens with zero attached hydrogens (tertiary/aromatic N) is 3. The lowest BCUT2D eigenvalue weighted by atomic mass is 10.1. The van der Waals surface area contributed by atoms with Gasteiger partial charge in [-0.25, -0.2) is 9.37 Å². The Labute approximate surface area is 136 Å². The first-order valence-electron chi connectivity index (χ1n) is 7.15. The van der Waals surface area contributed by atoms with E-state index in [1.807, 2.05) is 28.1 Å². The first-order chi connectivity index (χ1) is 11.3. The molecule has 0 saturated carbocycles. The van der Waals surface area contributed by atoms with Crippen LogP contribution in [-0.2, 0) is 6.54 Å². The van der Waals surface area contributed by atoms with Crippen molar-refractivity contribution in [3.8, 4) is 11.3 Å². The number of nitrogens with one attached hydrogen (secondary N) is 1. The molecule has 1 N–H and O–H groups in total. The van der Waals surface area contributed by atoms with E-state index < -0.39 is 0 Å². The molecule has 0 bridgehead atoms. The predicted molar refractivity (Wildman–Crippen MR) is 90.0 cm³/mol. The van der Waals surface area contributed by atoms with Crippen molar-refractivity contribution < 1.29 is 4.39 Å². The van der Waals surface area contributed by atoms with E-state index in [0.29, 0.717) is 12.2 Å². The van der Waals surface area contributed by atoms with Crippen molar-refractivity contribution in [1.82, 2.24) is 14.4 Å². The van der Waals surface area contributed by atoms with Crippen molar-refractivity contribution in [1.29, 1.82) is 0 Å². The Morgan fingerprint density at radius 2 is 2.17 bits per heavy atom. The molecular weight excluding hydrogens is 311 g/mol. The lowest BCUT2D eigenvalue weighted by molar-refractivity contribution is 0.628. The molecule has 0 aliphatic heterocycles. The average Bonchev–Trinajstić information content (AvgIpc) is 3.20. The Bertz CT molecular complexity index is 946. The van der Waals surface area contributed by atoms with Crippen LogP contribution < -0.4 is 5.32 Å². The molecule has 1 aromatic carbocycles. The van der Waals surface area contributed by atoms with Crippen LogP contribution in [-0.4, -0.2) is 14.4 Å². The summed E-state index contributed by atoms with van der Waals surface area (Å²) in [5.74, 6) is 0.559. The van der Waals surface area contributed by atoms with Gasteiger partial charge in [-0.05, 0) is 23.6 Å². The fraction of sp³-hybridized carbons (Fsp3) is 0.0588. The number of anilines is 1. The number of imidazole rings is 1. The summed E-state index contributed by atoms with van der Waals surface area (Å²) in [6.07, 6.45) is 5.25. The molecule has 0 radical (unpaired) electrons. The van der Waals surface area contributed by atoms with Gasteiger partial charge < -0.3 is 5.32 Å². The van der Waals surface area contributed by atoms with E-state index in [9.17, 15) is 4.39 Å². The van der Waals surface area contributed by atoms with E-state index in [2.05, 4.69) is 21.4 Å². The standard InChI is InChI=1S/C17H13FN4S/c18-13-4-1-3-12(9-13)16-17(20-10-14-5-2-8-23-14)22-7-6-19-11-15(22)21-16/h1-9,11,20H,10H2. The van der Waals surface area contributed by atoms with Gasteiger partial charge in [-0.1, -0.05) is 18.2 Å². The Balaban J connectivity index is 1.81. The molecule has 0 aliphatic rings. The highest BCUT2D eigenvalue weighted by Gasteiger charge is 2.14. The summed E-state index contributed by atoms with van der Waals surface area (Å²) in [7, 11) is 0. The largest absolute Gasteiger partial charge is 0.364 e. The van der Waals surface area contributed by atoms with Crippen LogP contribution in [0.3, 0.4) is 0 Å². The Hall–Kier alpha value is -2.73. The van der Waals surface area contributed by atoms with Gasteiger partial charge in [-0.2, -0.15) is 0 Å². The third-order valence-electron chi connectivity index (χ3n) is 3.54. The number of hydrogen-bond donors (Lipinski definition) is 1. The molecule has 0 fully saturated rings. The Kier molecular flexibility index (Phi) is 3.51. The zero-order valence-corrected chi connectivity index (χ0v) is 12.9. The fourth-order valence-electron chi connectivity index (χ4n) is 2.50. The quantitative estimate of drug-likeness (QED) is 0.611. The molecule has 0 atom stereocenters. The minimum absolute atomic E-state index is 0.276. The minimum Gasteiger partial charge on any atom is -0.364 e. The molecule has 23 heavy (non-hydrogen) atoms. The zero-order valence-electron chi connectivity index (χ0n) is 12.1. The van der Waals surface area contributed by atoms with Gasteiger partial charge in [0.25, 0.3) is 0 Å². The van der Waals surface area contributed by atoms with Crippen LogP contribution in [0.25, 0.3) is 16.9 Å². The van der Waals surface area contributed by atoms with Crippen LogP contribution >= 0.6 is 11.3 Å². The van der Waals surface area contributed by atoms with Crippen molar-refractivity contribution in [2.75, 3.05) is 5.32 Å². The van der Waals surface area contributed by atoms with Gasteiger partial charge in [0.2, 0.25) is 0 Å². The van der Waals surface area contributed by atoms with Crippen LogP contribution in [0.15, 0.2) is 60.4 Å². The summed E-state index contributed by atoms with van der Waals surface area (Å²) in [5.41, 5.74) is 2.18. The van der Waals surface area contributed by atoms with Gasteiger partial charge in [-0.15, -0.1) is 11.3 Å². The number of benzene rings is 1. The van der Waals surface area contributed by atoms with E-state index in [1.165, 1.54) is 17.0 Å². The third kappa shape index (κ3) is 2.68. The van der Waals surface area contributed by atoms with E-state index in [1.54, 1.807) is 29.8 Å². The molecule has 3 aromatic heterocycles. The normalized spacial score (nSPS) is 11.0. The summed E-state index contributed by atoms with van der Waals surface area (Å²) < 4.78 is 15.5. The maximum Gasteiger partial charge on any atom is 0.157 e. The second-order valence-corrected chi connectivity index (χ2v) is 6.09. The number of halogens is 1. The van der Waals surface area contributed by atoms with Crippen molar-refractivity contribution in [3.63, 3.8) is 0 Å². The molecule has 0 spiro atoms. The van der Waals surface area contributed by atoms with Crippen LogP contribution in [0.1, 0.15) is 4.88 Å². The lowest BCUT2D eigenvalue weighted by Gasteiger charge is -2.08. The van der Waals surface area contributed by atoms with E-state index >= 15 is 0 Å². The van der Waals surface area contributed by atoms with Gasteiger partial charge in [0, 0.05) is 22.8 Å². The molecule has 0 unspecified atom stereocenters. The van der Waals surface area contributed by atoms with Gasteiger partial charge in [0.1, 0.15) is 17.3 Å². The molecule has 0 saturated heterocycles. The summed E-state index contributed by atoms with van der Waals surface area (Å²) in [4.78, 5) is 9.93. The summed E-state index contributed by atoms with van der Waals surface area (Å²) in [6.45, 7) is 0.691. The predicted octanol–water partition coefficient (Wildman–Crippen LogP) is 4.21. The summed E-state index contributed by atoms with van der Waals surface area (Å²) >= 11 is 1.69. The zero-order chi connectivity index (χ0) is 15.6. The number of fused-ring (bicyclic) bond motifs is 1. The van der Waals surface area contributed by atoms with E-state index in [0.717, 1.165) is 17.0 Å². The second kappa shape index (κ2) is 5.81. The molecule has 4 nitrogen and oxygen atoms in total. The van der Waals surface area contributed by atoms with Crippen molar-refractivity contribution >= 4 is 22.8 Å². The maximum atomic E-state index is 13.6. The number of thiophene rings is 1. The molecule has 4 rings (SSSR count). The molecule has 4 aromatic rings. The van der Waals surface area contributed by atoms with Crippen LogP contribution in [0.2, 0.25) is 0 Å². The third-order valence-corrected chi connectivity index (χ3v) is 4.41. The van der Waals surface area contributed by atoms with Crippen LogP contribution in [0, 0.1) is 5.82 Å². The Morgan fingerprint density at radius 1 is 1.22 bits per heavy atom. The monoisotopic (exact) mass is 324 g/mol. The average molecular weight is 324 g/mol. The number of rotatable bonds is 4. The first-order valence-corrected chi connectivity index (χ1v) is 8.03. The maximum absolute atomic E-state index is 13.6. The van der Waals surface area contributed by atoms with Gasteiger partial charge in [0.15, 0.2) is 5.65 Å². The van der Waals surface area contributed by atoms with Gasteiger partial charge >= 0.3 is 0 Å². The van der Waals surface area contributed by atoms with E-state index in [4.69, 9.17) is 0 Å². The van der Waals surface area contributed by atoms with Crippen molar-refractivity contribution in [2.24, 2.45) is 0 Å². The molecule has 114 valence electrons. The minimum atomic E-state index is -0.276. The first kappa shape index (κ1) is 13.9. The lowest BCUT2D eigenvalue weighted by Crippen LogP contribution is -2.02. The number of hydrogen-bond acceptors (Lipinski definition) is 4. The molecule has 0 amide bonds.